The number of halogens is 1. The molecule has 2 aromatic carbocycles. The third kappa shape index (κ3) is 5.59. The van der Waals surface area contributed by atoms with Crippen LogP contribution in [0, 0.1) is 0 Å². The molecule has 0 unspecified atom stereocenters. The highest BCUT2D eigenvalue weighted by molar-refractivity contribution is 6.30. The average molecular weight is 397 g/mol. The van der Waals surface area contributed by atoms with E-state index >= 15 is 0 Å². The first kappa shape index (κ1) is 19.4. The van der Waals surface area contributed by atoms with Crippen molar-refractivity contribution in [3.63, 3.8) is 0 Å². The Morgan fingerprint density at radius 1 is 1.00 bits per heavy atom. The van der Waals surface area contributed by atoms with Gasteiger partial charge in [0.25, 0.3) is 0 Å². The number of carbonyl (C=O) groups excluding carboxylic acids is 2. The topological polar surface area (TPSA) is 86.4 Å². The van der Waals surface area contributed by atoms with E-state index in [1.165, 1.54) is 12.7 Å². The molecular formula is C20H17ClN4O3. The lowest BCUT2D eigenvalue weighted by Gasteiger charge is -2.07. The van der Waals surface area contributed by atoms with Crippen molar-refractivity contribution >= 4 is 29.1 Å². The number of aromatic nitrogens is 3. The smallest absolute Gasteiger partial charge is 0.318 e. The lowest BCUT2D eigenvalue weighted by atomic mass is 10.1. The number of hydrogen-bond acceptors (Lipinski definition) is 6. The Bertz CT molecular complexity index is 955. The second-order valence-electron chi connectivity index (χ2n) is 5.89. The van der Waals surface area contributed by atoms with E-state index in [2.05, 4.69) is 15.2 Å². The van der Waals surface area contributed by atoms with Crippen molar-refractivity contribution < 1.29 is 14.4 Å². The quantitative estimate of drug-likeness (QED) is 0.251. The third-order valence-electron chi connectivity index (χ3n) is 3.87. The standard InChI is InChI=1S/C20H17ClN4O3/c21-17-8-6-15(7-9-17)18(12-25-14-22-13-23-25)24-28-20(27)11-10-19(26)16-4-2-1-3-5-16/h1-9,13-14H,10-12H2. The van der Waals surface area contributed by atoms with Crippen LogP contribution in [-0.2, 0) is 16.2 Å². The zero-order valence-corrected chi connectivity index (χ0v) is 15.6. The maximum absolute atomic E-state index is 12.1. The molecule has 28 heavy (non-hydrogen) atoms. The van der Waals surface area contributed by atoms with Crippen LogP contribution < -0.4 is 0 Å². The van der Waals surface area contributed by atoms with Gasteiger partial charge in [-0.25, -0.2) is 14.5 Å². The summed E-state index contributed by atoms with van der Waals surface area (Å²) in [6.07, 6.45) is 2.93. The van der Waals surface area contributed by atoms with Crippen molar-refractivity contribution in [2.45, 2.75) is 19.4 Å². The van der Waals surface area contributed by atoms with Gasteiger partial charge < -0.3 is 4.84 Å². The van der Waals surface area contributed by atoms with Crippen LogP contribution in [0.5, 0.6) is 0 Å². The molecule has 0 aliphatic heterocycles. The summed E-state index contributed by atoms with van der Waals surface area (Å²) < 4.78 is 1.56. The fourth-order valence-corrected chi connectivity index (χ4v) is 2.54. The van der Waals surface area contributed by atoms with Crippen molar-refractivity contribution in [1.82, 2.24) is 14.8 Å². The van der Waals surface area contributed by atoms with Gasteiger partial charge in [0.05, 0.1) is 13.0 Å². The fraction of sp³-hybridized carbons (Fsp3) is 0.150. The van der Waals surface area contributed by atoms with Crippen LogP contribution in [-0.4, -0.2) is 32.2 Å². The van der Waals surface area contributed by atoms with Crippen LogP contribution in [0.25, 0.3) is 0 Å². The van der Waals surface area contributed by atoms with Crippen LogP contribution in [0.15, 0.2) is 72.4 Å². The Hall–Kier alpha value is -3.32. The van der Waals surface area contributed by atoms with Gasteiger partial charge in [-0.1, -0.05) is 59.2 Å². The highest BCUT2D eigenvalue weighted by Gasteiger charge is 2.12. The van der Waals surface area contributed by atoms with Crippen LogP contribution in [0.3, 0.4) is 0 Å². The third-order valence-corrected chi connectivity index (χ3v) is 4.12. The molecule has 1 aromatic heterocycles. The maximum atomic E-state index is 12.1. The van der Waals surface area contributed by atoms with Crippen molar-refractivity contribution in [3.8, 4) is 0 Å². The van der Waals surface area contributed by atoms with Gasteiger partial charge in [0.2, 0.25) is 0 Å². The van der Waals surface area contributed by atoms with Gasteiger partial charge in [-0.15, -0.1) is 0 Å². The van der Waals surface area contributed by atoms with Gasteiger partial charge in [-0.05, 0) is 12.1 Å². The lowest BCUT2D eigenvalue weighted by Crippen LogP contribution is -2.14. The van der Waals surface area contributed by atoms with E-state index in [0.717, 1.165) is 5.56 Å². The summed E-state index contributed by atoms with van der Waals surface area (Å²) in [7, 11) is 0. The molecule has 0 fully saturated rings. The Kier molecular flexibility index (Phi) is 6.64. The molecule has 0 bridgehead atoms. The van der Waals surface area contributed by atoms with Gasteiger partial charge in [-0.2, -0.15) is 5.10 Å². The summed E-state index contributed by atoms with van der Waals surface area (Å²) in [5.74, 6) is -0.712. The molecule has 0 radical (unpaired) electrons. The maximum Gasteiger partial charge on any atom is 0.335 e. The molecular weight excluding hydrogens is 380 g/mol. The lowest BCUT2D eigenvalue weighted by molar-refractivity contribution is -0.143. The minimum absolute atomic E-state index is 0.0533. The molecule has 0 atom stereocenters. The van der Waals surface area contributed by atoms with Crippen molar-refractivity contribution in [2.75, 3.05) is 0 Å². The monoisotopic (exact) mass is 396 g/mol. The van der Waals surface area contributed by atoms with Gasteiger partial charge >= 0.3 is 5.97 Å². The van der Waals surface area contributed by atoms with E-state index in [1.807, 2.05) is 6.07 Å². The van der Waals surface area contributed by atoms with E-state index in [4.69, 9.17) is 16.4 Å². The SMILES string of the molecule is O=C(CCC(=O)c1ccccc1)ON=C(Cn1cncn1)c1ccc(Cl)cc1. The Morgan fingerprint density at radius 2 is 1.75 bits per heavy atom. The summed E-state index contributed by atoms with van der Waals surface area (Å²) in [5.41, 5.74) is 1.77. The Labute approximate surface area is 166 Å². The zero-order valence-electron chi connectivity index (χ0n) is 14.9. The molecule has 0 aliphatic carbocycles. The van der Waals surface area contributed by atoms with Crippen LogP contribution in [0.4, 0.5) is 0 Å². The first-order valence-corrected chi connectivity index (χ1v) is 8.93. The molecule has 1 heterocycles. The summed E-state index contributed by atoms with van der Waals surface area (Å²) in [5, 5.41) is 8.59. The normalized spacial score (nSPS) is 11.2. The van der Waals surface area contributed by atoms with Crippen molar-refractivity contribution in [2.24, 2.45) is 5.16 Å². The molecule has 8 heteroatoms. The first-order valence-electron chi connectivity index (χ1n) is 8.55. The molecule has 3 aromatic rings. The van der Waals surface area contributed by atoms with E-state index < -0.39 is 5.97 Å². The summed E-state index contributed by atoms with van der Waals surface area (Å²) in [6, 6.07) is 15.8. The Balaban J connectivity index is 1.64. The number of nitrogens with zero attached hydrogens (tertiary/aromatic N) is 4. The summed E-state index contributed by atoms with van der Waals surface area (Å²) in [6.45, 7) is 0.262. The summed E-state index contributed by atoms with van der Waals surface area (Å²) in [4.78, 5) is 33.0. The molecule has 0 spiro atoms. The predicted octanol–water partition coefficient (Wildman–Crippen LogP) is 3.54. The molecule has 142 valence electrons. The first-order chi connectivity index (χ1) is 13.6. The number of benzene rings is 2. The second-order valence-corrected chi connectivity index (χ2v) is 6.33. The molecule has 7 nitrogen and oxygen atoms in total. The van der Waals surface area contributed by atoms with E-state index in [0.29, 0.717) is 16.3 Å². The number of Topliss-reactive ketones (excluding diaryl/α,β-unsaturated/α-hetero) is 1. The van der Waals surface area contributed by atoms with Gasteiger partial charge in [0.15, 0.2) is 5.78 Å². The summed E-state index contributed by atoms with van der Waals surface area (Å²) >= 11 is 5.92. The number of carbonyl (C=O) groups is 2. The highest BCUT2D eigenvalue weighted by Crippen LogP contribution is 2.12. The number of hydrogen-bond donors (Lipinski definition) is 0. The number of rotatable bonds is 8. The highest BCUT2D eigenvalue weighted by atomic mass is 35.5. The van der Waals surface area contributed by atoms with E-state index in [9.17, 15) is 9.59 Å². The van der Waals surface area contributed by atoms with Crippen LogP contribution in [0.1, 0.15) is 28.8 Å². The number of ketones is 1. The molecule has 0 saturated heterocycles. The molecule has 0 saturated carbocycles. The molecule has 3 rings (SSSR count). The minimum atomic E-state index is -0.589. The predicted molar refractivity (Wildman–Crippen MR) is 104 cm³/mol. The zero-order chi connectivity index (χ0) is 19.8. The molecule has 0 amide bonds. The second kappa shape index (κ2) is 9.57. The minimum Gasteiger partial charge on any atom is -0.318 e. The van der Waals surface area contributed by atoms with E-state index in [-0.39, 0.29) is 25.2 Å². The largest absolute Gasteiger partial charge is 0.335 e. The van der Waals surface area contributed by atoms with E-state index in [1.54, 1.807) is 53.2 Å². The van der Waals surface area contributed by atoms with Crippen molar-refractivity contribution in [1.29, 1.82) is 0 Å². The van der Waals surface area contributed by atoms with Gasteiger partial charge in [0.1, 0.15) is 18.4 Å². The molecule has 0 aliphatic rings. The Morgan fingerprint density at radius 3 is 2.43 bits per heavy atom. The van der Waals surface area contributed by atoms with Crippen LogP contribution >= 0.6 is 11.6 Å². The van der Waals surface area contributed by atoms with Gasteiger partial charge in [-0.3, -0.25) is 4.79 Å². The average Bonchev–Trinajstić information content (AvgIpc) is 3.24. The molecule has 0 N–H and O–H groups in total. The van der Waals surface area contributed by atoms with Crippen LogP contribution in [0.2, 0.25) is 5.02 Å². The fourth-order valence-electron chi connectivity index (χ4n) is 2.42. The van der Waals surface area contributed by atoms with Crippen molar-refractivity contribution in [3.05, 3.63) is 83.4 Å². The number of oxime groups is 1. The van der Waals surface area contributed by atoms with Gasteiger partial charge in [0, 0.05) is 22.6 Å².